The first-order valence-electron chi connectivity index (χ1n) is 3.57. The molecule has 0 saturated heterocycles. The molecule has 56 valence electrons. The summed E-state index contributed by atoms with van der Waals surface area (Å²) >= 11 is 1.88. The van der Waals surface area contributed by atoms with Crippen molar-refractivity contribution in [2.75, 3.05) is 0 Å². The Morgan fingerprint density at radius 3 is 2.20 bits per heavy atom. The van der Waals surface area contributed by atoms with E-state index in [1.807, 2.05) is 0 Å². The molecule has 0 atom stereocenters. The number of hydrogen-bond acceptors (Lipinski definition) is 0. The van der Waals surface area contributed by atoms with E-state index in [2.05, 4.69) is 42.9 Å². The Kier molecular flexibility index (Phi) is 2.67. The second kappa shape index (κ2) is 3.01. The molecule has 0 nitrogen and oxygen atoms in total. The molecule has 0 fully saturated rings. The molecule has 1 aliphatic rings. The van der Waals surface area contributed by atoms with E-state index in [0.717, 1.165) is 0 Å². The summed E-state index contributed by atoms with van der Waals surface area (Å²) in [4.78, 5) is 7.37. The molecule has 0 saturated carbocycles. The third-order valence-electron chi connectivity index (χ3n) is 1.78. The maximum atomic E-state index is 3.59. The van der Waals surface area contributed by atoms with E-state index in [1.54, 1.807) is 3.59 Å². The van der Waals surface area contributed by atoms with Gasteiger partial charge in [-0.3, -0.25) is 0 Å². The quantitative estimate of drug-likeness (QED) is 0.651. The Morgan fingerprint density at radius 1 is 1.40 bits per heavy atom. The van der Waals surface area contributed by atoms with Crippen molar-refractivity contribution in [3.63, 3.8) is 0 Å². The molecule has 0 aromatic rings. The van der Waals surface area contributed by atoms with Crippen LogP contribution in [0.15, 0.2) is 20.2 Å². The van der Waals surface area contributed by atoms with Gasteiger partial charge in [0.05, 0.1) is 0 Å². The van der Waals surface area contributed by atoms with E-state index in [9.17, 15) is 0 Å². The fourth-order valence-corrected chi connectivity index (χ4v) is 9.85. The molecule has 0 spiro atoms. The number of allylic oxidation sites excluding steroid dienone is 4. The van der Waals surface area contributed by atoms with Gasteiger partial charge in [-0.25, -0.2) is 0 Å². The summed E-state index contributed by atoms with van der Waals surface area (Å²) in [5.74, 6) is 0. The fourth-order valence-electron chi connectivity index (χ4n) is 1.14. The zero-order chi connectivity index (χ0) is 7.78. The molecule has 0 N–H and O–H groups in total. The van der Waals surface area contributed by atoms with Gasteiger partial charge in [-0.1, -0.05) is 0 Å². The first-order valence-corrected chi connectivity index (χ1v) is 14.4. The van der Waals surface area contributed by atoms with Gasteiger partial charge < -0.3 is 0 Å². The van der Waals surface area contributed by atoms with Crippen LogP contribution in [0, 0.1) is 0 Å². The van der Waals surface area contributed by atoms with Crippen molar-refractivity contribution in [2.24, 2.45) is 0 Å². The summed E-state index contributed by atoms with van der Waals surface area (Å²) in [5, 5.41) is 0. The Bertz CT molecular complexity index is 196. The molecule has 1 aliphatic carbocycles. The van der Waals surface area contributed by atoms with Crippen LogP contribution in [0.5, 0.6) is 0 Å². The molecule has 0 bridgehead atoms. The van der Waals surface area contributed by atoms with E-state index < -0.39 is 18.4 Å². The van der Waals surface area contributed by atoms with Gasteiger partial charge in [0.15, 0.2) is 0 Å². The summed E-state index contributed by atoms with van der Waals surface area (Å²) in [6.45, 7) is 0. The number of halogens is 1. The van der Waals surface area contributed by atoms with Crippen molar-refractivity contribution in [3.05, 3.63) is 20.2 Å². The predicted molar refractivity (Wildman–Crippen MR) is 53.1 cm³/mol. The monoisotopic (exact) mass is 308 g/mol. The first-order chi connectivity index (χ1) is 4.52. The average molecular weight is 308 g/mol. The van der Waals surface area contributed by atoms with E-state index in [-0.39, 0.29) is 0 Å². The number of hydrogen-bond donors (Lipinski definition) is 0. The zero-order valence-corrected chi connectivity index (χ0v) is 11.2. The van der Waals surface area contributed by atoms with Gasteiger partial charge in [-0.15, -0.1) is 0 Å². The molecular weight excluding hydrogens is 295 g/mol. The van der Waals surface area contributed by atoms with E-state index in [4.69, 9.17) is 0 Å². The Hall–Kier alpha value is 0.759. The van der Waals surface area contributed by atoms with E-state index in [1.165, 1.54) is 10.9 Å². The standard InChI is InChI=1S/C5H4Br.3CH3.Sn/c6-5-3-1-2-4-5;;;;/h1,3H,2H2;3*1H3;. The average Bonchev–Trinajstić information content (AvgIpc) is 2.11. The van der Waals surface area contributed by atoms with Crippen molar-refractivity contribution in [2.45, 2.75) is 21.2 Å². The summed E-state index contributed by atoms with van der Waals surface area (Å²) in [6, 6.07) is 0. The molecular formula is C8H13BrSn. The van der Waals surface area contributed by atoms with Crippen molar-refractivity contribution in [1.82, 2.24) is 0 Å². The van der Waals surface area contributed by atoms with Crippen LogP contribution in [-0.4, -0.2) is 18.4 Å². The minimum atomic E-state index is -1.70. The molecule has 0 radical (unpaired) electrons. The van der Waals surface area contributed by atoms with E-state index >= 15 is 0 Å². The topological polar surface area (TPSA) is 0 Å². The van der Waals surface area contributed by atoms with Gasteiger partial charge in [0.1, 0.15) is 0 Å². The molecule has 0 aromatic carbocycles. The number of rotatable bonds is 1. The second-order valence-electron chi connectivity index (χ2n) is 3.68. The van der Waals surface area contributed by atoms with Crippen LogP contribution >= 0.6 is 15.9 Å². The van der Waals surface area contributed by atoms with Gasteiger partial charge in [0.25, 0.3) is 0 Å². The van der Waals surface area contributed by atoms with Crippen LogP contribution in [0.4, 0.5) is 0 Å². The zero-order valence-electron chi connectivity index (χ0n) is 6.74. The third-order valence-corrected chi connectivity index (χ3v) is 10.1. The van der Waals surface area contributed by atoms with Gasteiger partial charge in [0.2, 0.25) is 0 Å². The molecule has 2 heteroatoms. The summed E-state index contributed by atoms with van der Waals surface area (Å²) in [7, 11) is 0. The second-order valence-corrected chi connectivity index (χ2v) is 19.1. The summed E-state index contributed by atoms with van der Waals surface area (Å²) in [6.07, 6.45) is 5.65. The van der Waals surface area contributed by atoms with Crippen molar-refractivity contribution in [1.29, 1.82) is 0 Å². The fraction of sp³-hybridized carbons (Fsp3) is 0.500. The van der Waals surface area contributed by atoms with Crippen LogP contribution in [0.3, 0.4) is 0 Å². The molecule has 0 heterocycles. The summed E-state index contributed by atoms with van der Waals surface area (Å²) < 4.78 is 3.09. The minimum absolute atomic E-state index is 1.21. The molecule has 0 unspecified atom stereocenters. The van der Waals surface area contributed by atoms with Gasteiger partial charge in [-0.2, -0.15) is 0 Å². The molecule has 10 heavy (non-hydrogen) atoms. The van der Waals surface area contributed by atoms with Crippen molar-refractivity contribution in [3.8, 4) is 0 Å². The Balaban J connectivity index is 2.86. The van der Waals surface area contributed by atoms with Gasteiger partial charge in [0, 0.05) is 0 Å². The van der Waals surface area contributed by atoms with Crippen LogP contribution in [0.2, 0.25) is 14.8 Å². The van der Waals surface area contributed by atoms with E-state index in [0.29, 0.717) is 0 Å². The predicted octanol–water partition coefficient (Wildman–Crippen LogP) is 3.47. The Morgan fingerprint density at radius 2 is 2.00 bits per heavy atom. The normalized spacial score (nSPS) is 18.8. The van der Waals surface area contributed by atoms with Crippen LogP contribution in [0.1, 0.15) is 6.42 Å². The van der Waals surface area contributed by atoms with Crippen molar-refractivity contribution < 1.29 is 0 Å². The molecule has 1 rings (SSSR count). The molecule has 0 aliphatic heterocycles. The first kappa shape index (κ1) is 8.85. The molecule has 0 amide bonds. The van der Waals surface area contributed by atoms with Crippen LogP contribution < -0.4 is 0 Å². The van der Waals surface area contributed by atoms with Crippen LogP contribution in [-0.2, 0) is 0 Å². The van der Waals surface area contributed by atoms with Crippen molar-refractivity contribution >= 4 is 34.3 Å². The van der Waals surface area contributed by atoms with Gasteiger partial charge >= 0.3 is 75.8 Å². The maximum absolute atomic E-state index is 3.59. The third kappa shape index (κ3) is 1.88. The summed E-state index contributed by atoms with van der Waals surface area (Å²) in [5.41, 5.74) is 0. The van der Waals surface area contributed by atoms with Crippen LogP contribution in [0.25, 0.3) is 0 Å². The van der Waals surface area contributed by atoms with Gasteiger partial charge in [-0.05, 0) is 0 Å². The Labute approximate surface area is 75.4 Å². The SMILES string of the molecule is [CH3][Sn]([CH3])([CH3])[C]1=C(Br)C=CC1. The molecule has 0 aromatic heterocycles.